The van der Waals surface area contributed by atoms with Crippen LogP contribution in [0.3, 0.4) is 0 Å². The van der Waals surface area contributed by atoms with Gasteiger partial charge in [-0.05, 0) is 5.56 Å². The number of ether oxygens (including phenoxy) is 1. The Morgan fingerprint density at radius 3 is 2.75 bits per heavy atom. The van der Waals surface area contributed by atoms with Crippen molar-refractivity contribution in [2.45, 2.75) is 12.6 Å². The maximum absolute atomic E-state index is 11.2. The fourth-order valence-electron chi connectivity index (χ4n) is 1.04. The van der Waals surface area contributed by atoms with Crippen molar-refractivity contribution in [3.8, 4) is 0 Å². The second-order valence-corrected chi connectivity index (χ2v) is 3.89. The third kappa shape index (κ3) is 5.14. The molecule has 88 valence electrons. The van der Waals surface area contributed by atoms with Gasteiger partial charge in [-0.15, -0.1) is 0 Å². The Labute approximate surface area is 103 Å². The number of halogens is 1. The molecule has 1 aromatic carbocycles. The van der Waals surface area contributed by atoms with E-state index >= 15 is 0 Å². The summed E-state index contributed by atoms with van der Waals surface area (Å²) in [5.74, 6) is 0. The van der Waals surface area contributed by atoms with Crippen molar-refractivity contribution in [2.75, 3.05) is 11.9 Å². The molecule has 0 saturated carbocycles. The Bertz CT molecular complexity index is 318. The van der Waals surface area contributed by atoms with Gasteiger partial charge in [0, 0.05) is 11.9 Å². The number of benzene rings is 1. The number of rotatable bonds is 5. The highest BCUT2D eigenvalue weighted by molar-refractivity contribution is 9.09. The Hall–Kier alpha value is -1.07. The molecule has 0 aliphatic rings. The monoisotopic (exact) mass is 287 g/mol. The van der Waals surface area contributed by atoms with Crippen molar-refractivity contribution in [2.24, 2.45) is 0 Å². The lowest BCUT2D eigenvalue weighted by Gasteiger charge is -2.09. The SMILES string of the molecule is O=C(NCc1ccccc1)OC[C@H](O)CBr. The third-order valence-corrected chi connectivity index (χ3v) is 2.61. The first-order valence-electron chi connectivity index (χ1n) is 4.91. The number of amides is 1. The van der Waals surface area contributed by atoms with Crippen LogP contribution >= 0.6 is 15.9 Å². The van der Waals surface area contributed by atoms with Crippen LogP contribution in [0.5, 0.6) is 0 Å². The van der Waals surface area contributed by atoms with Gasteiger partial charge in [-0.3, -0.25) is 0 Å². The predicted molar refractivity (Wildman–Crippen MR) is 64.4 cm³/mol. The van der Waals surface area contributed by atoms with Gasteiger partial charge in [0.15, 0.2) is 0 Å². The van der Waals surface area contributed by atoms with E-state index in [9.17, 15) is 4.79 Å². The van der Waals surface area contributed by atoms with Crippen LogP contribution in [-0.4, -0.2) is 29.2 Å². The zero-order valence-corrected chi connectivity index (χ0v) is 10.3. The first kappa shape index (κ1) is 13.0. The third-order valence-electron chi connectivity index (χ3n) is 1.86. The first-order chi connectivity index (χ1) is 7.72. The molecule has 0 radical (unpaired) electrons. The van der Waals surface area contributed by atoms with Crippen LogP contribution in [-0.2, 0) is 11.3 Å². The smallest absolute Gasteiger partial charge is 0.407 e. The molecule has 1 rings (SSSR count). The van der Waals surface area contributed by atoms with Gasteiger partial charge in [0.05, 0.1) is 6.10 Å². The van der Waals surface area contributed by atoms with E-state index in [1.165, 1.54) is 0 Å². The molecule has 1 aromatic rings. The molecule has 0 fully saturated rings. The largest absolute Gasteiger partial charge is 0.447 e. The van der Waals surface area contributed by atoms with Gasteiger partial charge in [0.25, 0.3) is 0 Å². The molecule has 0 spiro atoms. The van der Waals surface area contributed by atoms with Gasteiger partial charge in [-0.1, -0.05) is 46.3 Å². The summed E-state index contributed by atoms with van der Waals surface area (Å²) >= 11 is 3.08. The highest BCUT2D eigenvalue weighted by Crippen LogP contribution is 1.97. The second kappa shape index (κ2) is 7.24. The minimum atomic E-state index is -0.664. The normalized spacial score (nSPS) is 11.9. The van der Waals surface area contributed by atoms with E-state index in [0.717, 1.165) is 5.56 Å². The minimum absolute atomic E-state index is 0.00806. The number of hydrogen-bond acceptors (Lipinski definition) is 3. The fraction of sp³-hybridized carbons (Fsp3) is 0.364. The summed E-state index contributed by atoms with van der Waals surface area (Å²) in [5.41, 5.74) is 1.00. The maximum atomic E-state index is 11.2. The Morgan fingerprint density at radius 1 is 1.44 bits per heavy atom. The topological polar surface area (TPSA) is 58.6 Å². The number of hydrogen-bond donors (Lipinski definition) is 2. The number of alkyl carbamates (subject to hydrolysis) is 1. The molecule has 0 saturated heterocycles. The molecule has 5 heteroatoms. The minimum Gasteiger partial charge on any atom is -0.447 e. The molecule has 0 aliphatic carbocycles. The number of aliphatic hydroxyl groups excluding tert-OH is 1. The van der Waals surface area contributed by atoms with Gasteiger partial charge in [-0.25, -0.2) is 4.79 Å². The average molecular weight is 288 g/mol. The number of alkyl halides is 1. The van der Waals surface area contributed by atoms with Crippen LogP contribution in [0.2, 0.25) is 0 Å². The zero-order chi connectivity index (χ0) is 11.8. The summed E-state index contributed by atoms with van der Waals surface area (Å²) < 4.78 is 4.79. The number of aliphatic hydroxyl groups is 1. The Morgan fingerprint density at radius 2 is 2.12 bits per heavy atom. The molecule has 2 N–H and O–H groups in total. The van der Waals surface area contributed by atoms with Crippen LogP contribution in [0.4, 0.5) is 4.79 Å². The standard InChI is InChI=1S/C11H14BrNO3/c12-6-10(14)8-16-11(15)13-7-9-4-2-1-3-5-9/h1-5,10,14H,6-8H2,(H,13,15)/t10-/m1/s1. The summed E-state index contributed by atoms with van der Waals surface area (Å²) in [6.07, 6.45) is -1.19. The highest BCUT2D eigenvalue weighted by Gasteiger charge is 2.06. The molecule has 0 unspecified atom stereocenters. The molecule has 0 heterocycles. The molecule has 0 bridgehead atoms. The summed E-state index contributed by atoms with van der Waals surface area (Å²) in [5, 5.41) is 12.1. The molecule has 0 aromatic heterocycles. The van der Waals surface area contributed by atoms with Crippen molar-refractivity contribution >= 4 is 22.0 Å². The van der Waals surface area contributed by atoms with Gasteiger partial charge >= 0.3 is 6.09 Å². The number of carbonyl (C=O) groups excluding carboxylic acids is 1. The van der Waals surface area contributed by atoms with E-state index < -0.39 is 12.2 Å². The fourth-order valence-corrected chi connectivity index (χ4v) is 1.22. The summed E-state index contributed by atoms with van der Waals surface area (Å²) in [6, 6.07) is 9.53. The lowest BCUT2D eigenvalue weighted by atomic mass is 10.2. The number of nitrogens with one attached hydrogen (secondary N) is 1. The van der Waals surface area contributed by atoms with Crippen molar-refractivity contribution in [1.82, 2.24) is 5.32 Å². The Kier molecular flexibility index (Phi) is 5.88. The summed E-state index contributed by atoms with van der Waals surface area (Å²) in [4.78, 5) is 11.2. The van der Waals surface area contributed by atoms with Crippen LogP contribution < -0.4 is 5.32 Å². The molecule has 0 aliphatic heterocycles. The molecule has 1 atom stereocenters. The van der Waals surface area contributed by atoms with Gasteiger partial charge < -0.3 is 15.2 Å². The predicted octanol–water partition coefficient (Wildman–Crippen LogP) is 1.67. The van der Waals surface area contributed by atoms with Gasteiger partial charge in [0.2, 0.25) is 0 Å². The van der Waals surface area contributed by atoms with Gasteiger partial charge in [0.1, 0.15) is 6.61 Å². The van der Waals surface area contributed by atoms with Crippen molar-refractivity contribution in [3.05, 3.63) is 35.9 Å². The van der Waals surface area contributed by atoms with Crippen LogP contribution in [0.25, 0.3) is 0 Å². The van der Waals surface area contributed by atoms with E-state index in [0.29, 0.717) is 11.9 Å². The quantitative estimate of drug-likeness (QED) is 0.810. The van der Waals surface area contributed by atoms with Crippen LogP contribution in [0.1, 0.15) is 5.56 Å². The molecule has 16 heavy (non-hydrogen) atoms. The van der Waals surface area contributed by atoms with E-state index in [1.807, 2.05) is 30.3 Å². The summed E-state index contributed by atoms with van der Waals surface area (Å²) in [7, 11) is 0. The van der Waals surface area contributed by atoms with Gasteiger partial charge in [-0.2, -0.15) is 0 Å². The molecule has 4 nitrogen and oxygen atoms in total. The van der Waals surface area contributed by atoms with Crippen molar-refractivity contribution in [3.63, 3.8) is 0 Å². The lowest BCUT2D eigenvalue weighted by Crippen LogP contribution is -2.28. The van der Waals surface area contributed by atoms with E-state index in [4.69, 9.17) is 9.84 Å². The molecule has 1 amide bonds. The van der Waals surface area contributed by atoms with E-state index in [1.54, 1.807) is 0 Å². The lowest BCUT2D eigenvalue weighted by molar-refractivity contribution is 0.0807. The molecular formula is C11H14BrNO3. The zero-order valence-electron chi connectivity index (χ0n) is 8.73. The second-order valence-electron chi connectivity index (χ2n) is 3.25. The Balaban J connectivity index is 2.20. The van der Waals surface area contributed by atoms with E-state index in [-0.39, 0.29) is 6.61 Å². The first-order valence-corrected chi connectivity index (χ1v) is 6.03. The highest BCUT2D eigenvalue weighted by atomic mass is 79.9. The molecular weight excluding hydrogens is 274 g/mol. The van der Waals surface area contributed by atoms with E-state index in [2.05, 4.69) is 21.2 Å². The van der Waals surface area contributed by atoms with Crippen molar-refractivity contribution in [1.29, 1.82) is 0 Å². The maximum Gasteiger partial charge on any atom is 0.407 e. The average Bonchev–Trinajstić information content (AvgIpc) is 2.34. The number of carbonyl (C=O) groups is 1. The van der Waals surface area contributed by atoms with Crippen LogP contribution in [0.15, 0.2) is 30.3 Å². The summed E-state index contributed by atoms with van der Waals surface area (Å²) in [6.45, 7) is 0.413. The van der Waals surface area contributed by atoms with Crippen LogP contribution in [0, 0.1) is 0 Å². The van der Waals surface area contributed by atoms with Crippen molar-refractivity contribution < 1.29 is 14.6 Å².